The highest BCUT2D eigenvalue weighted by atomic mass is 16.5. The number of rotatable bonds is 6. The Balaban J connectivity index is 2.09. The van der Waals surface area contributed by atoms with E-state index in [-0.39, 0.29) is 18.4 Å². The number of piperidine rings is 1. The highest BCUT2D eigenvalue weighted by molar-refractivity contribution is 5.83. The molecule has 0 aliphatic carbocycles. The smallest absolute Gasteiger partial charge is 0.325 e. The molecule has 0 radical (unpaired) electrons. The van der Waals surface area contributed by atoms with Gasteiger partial charge in [0.25, 0.3) is 0 Å². The molecule has 0 spiro atoms. The zero-order valence-corrected chi connectivity index (χ0v) is 10.1. The predicted octanol–water partition coefficient (Wildman–Crippen LogP) is -0.266. The zero-order chi connectivity index (χ0) is 12.7. The summed E-state index contributed by atoms with van der Waals surface area (Å²) in [6.07, 6.45) is 2.36. The fraction of sp³-hybridized carbons (Fsp3) is 0.818. The second-order valence-electron chi connectivity index (χ2n) is 4.20. The lowest BCUT2D eigenvalue weighted by Gasteiger charge is -2.22. The molecule has 3 N–H and O–H groups in total. The Hall–Kier alpha value is -1.14. The summed E-state index contributed by atoms with van der Waals surface area (Å²) in [5.74, 6) is -1.31. The summed E-state index contributed by atoms with van der Waals surface area (Å²) in [4.78, 5) is 21.8. The standard InChI is InChI=1S/C11H20N2O4/c1-8(11(15)16)13-10(14)4-7-17-9-2-5-12-6-3-9/h8-9,12H,2-7H2,1H3,(H,13,14)(H,15,16)/t8-/m0/s1. The first-order valence-corrected chi connectivity index (χ1v) is 5.94. The molecule has 0 bridgehead atoms. The Morgan fingerprint density at radius 3 is 2.71 bits per heavy atom. The van der Waals surface area contributed by atoms with Gasteiger partial charge in [0.05, 0.1) is 12.7 Å². The van der Waals surface area contributed by atoms with Crippen LogP contribution in [0.5, 0.6) is 0 Å². The minimum absolute atomic E-state index is 0.210. The first kappa shape index (κ1) is 13.9. The van der Waals surface area contributed by atoms with Crippen LogP contribution < -0.4 is 10.6 Å². The summed E-state index contributed by atoms with van der Waals surface area (Å²) in [6, 6.07) is -0.846. The lowest BCUT2D eigenvalue weighted by Crippen LogP contribution is -2.39. The number of amides is 1. The Morgan fingerprint density at radius 1 is 1.47 bits per heavy atom. The molecule has 6 heteroatoms. The molecule has 17 heavy (non-hydrogen) atoms. The third kappa shape index (κ3) is 5.65. The summed E-state index contributed by atoms with van der Waals surface area (Å²) in [5, 5.41) is 14.2. The maximum absolute atomic E-state index is 11.3. The van der Waals surface area contributed by atoms with Crippen molar-refractivity contribution < 1.29 is 19.4 Å². The third-order valence-corrected chi connectivity index (χ3v) is 2.72. The van der Waals surface area contributed by atoms with E-state index in [1.54, 1.807) is 0 Å². The van der Waals surface area contributed by atoms with Gasteiger partial charge >= 0.3 is 5.97 Å². The Bertz CT molecular complexity index is 264. The first-order chi connectivity index (χ1) is 8.09. The van der Waals surface area contributed by atoms with Gasteiger partial charge in [0.1, 0.15) is 6.04 Å². The van der Waals surface area contributed by atoms with Gasteiger partial charge in [0.2, 0.25) is 5.91 Å². The molecule has 6 nitrogen and oxygen atoms in total. The van der Waals surface area contributed by atoms with Crippen LogP contribution >= 0.6 is 0 Å². The van der Waals surface area contributed by atoms with Gasteiger partial charge in [-0.2, -0.15) is 0 Å². The second-order valence-corrected chi connectivity index (χ2v) is 4.20. The topological polar surface area (TPSA) is 87.7 Å². The van der Waals surface area contributed by atoms with Crippen LogP contribution in [-0.4, -0.2) is 48.8 Å². The van der Waals surface area contributed by atoms with Gasteiger partial charge in [-0.15, -0.1) is 0 Å². The van der Waals surface area contributed by atoms with Gasteiger partial charge in [-0.05, 0) is 32.9 Å². The number of nitrogens with one attached hydrogen (secondary N) is 2. The van der Waals surface area contributed by atoms with Crippen LogP contribution in [0, 0.1) is 0 Å². The Kier molecular flexibility index (Phi) is 5.93. The van der Waals surface area contributed by atoms with Crippen molar-refractivity contribution in [2.75, 3.05) is 19.7 Å². The van der Waals surface area contributed by atoms with Crippen molar-refractivity contribution in [3.63, 3.8) is 0 Å². The number of hydrogen-bond acceptors (Lipinski definition) is 4. The van der Waals surface area contributed by atoms with Crippen LogP contribution in [0.25, 0.3) is 0 Å². The van der Waals surface area contributed by atoms with Crippen molar-refractivity contribution >= 4 is 11.9 Å². The number of hydrogen-bond donors (Lipinski definition) is 3. The van der Waals surface area contributed by atoms with Crippen molar-refractivity contribution in [1.29, 1.82) is 0 Å². The van der Waals surface area contributed by atoms with E-state index in [9.17, 15) is 9.59 Å². The van der Waals surface area contributed by atoms with Crippen LogP contribution in [0.4, 0.5) is 0 Å². The molecule has 1 amide bonds. The number of carboxylic acid groups (broad SMARTS) is 1. The van der Waals surface area contributed by atoms with Gasteiger partial charge < -0.3 is 20.5 Å². The minimum Gasteiger partial charge on any atom is -0.480 e. The monoisotopic (exact) mass is 244 g/mol. The molecular formula is C11H20N2O4. The second kappa shape index (κ2) is 7.24. The molecule has 0 saturated carbocycles. The van der Waals surface area contributed by atoms with Crippen molar-refractivity contribution in [3.05, 3.63) is 0 Å². The molecule has 1 aliphatic heterocycles. The van der Waals surface area contributed by atoms with Crippen LogP contribution in [0.2, 0.25) is 0 Å². The maximum Gasteiger partial charge on any atom is 0.325 e. The summed E-state index contributed by atoms with van der Waals surface area (Å²) < 4.78 is 5.55. The first-order valence-electron chi connectivity index (χ1n) is 5.94. The molecule has 0 aromatic carbocycles. The zero-order valence-electron chi connectivity index (χ0n) is 10.1. The highest BCUT2D eigenvalue weighted by Gasteiger charge is 2.16. The average Bonchev–Trinajstić information content (AvgIpc) is 2.30. The number of ether oxygens (including phenoxy) is 1. The van der Waals surface area contributed by atoms with Crippen molar-refractivity contribution in [1.82, 2.24) is 10.6 Å². The summed E-state index contributed by atoms with van der Waals surface area (Å²) in [7, 11) is 0. The lowest BCUT2D eigenvalue weighted by molar-refractivity contribution is -0.141. The summed E-state index contributed by atoms with van der Waals surface area (Å²) >= 11 is 0. The van der Waals surface area contributed by atoms with Crippen LogP contribution in [0.15, 0.2) is 0 Å². The van der Waals surface area contributed by atoms with E-state index < -0.39 is 12.0 Å². The fourth-order valence-electron chi connectivity index (χ4n) is 1.66. The van der Waals surface area contributed by atoms with Gasteiger partial charge in [0, 0.05) is 6.42 Å². The molecule has 1 fully saturated rings. The van der Waals surface area contributed by atoms with E-state index in [1.807, 2.05) is 0 Å². The number of aliphatic carboxylic acids is 1. The Morgan fingerprint density at radius 2 is 2.12 bits per heavy atom. The molecule has 1 saturated heterocycles. The molecule has 1 aliphatic rings. The normalized spacial score (nSPS) is 18.6. The van der Waals surface area contributed by atoms with Crippen molar-refractivity contribution in [3.8, 4) is 0 Å². The number of carboxylic acids is 1. The van der Waals surface area contributed by atoms with E-state index in [0.29, 0.717) is 6.61 Å². The molecule has 1 rings (SSSR count). The quantitative estimate of drug-likeness (QED) is 0.599. The SMILES string of the molecule is C[C@H](NC(=O)CCOC1CCNCC1)C(=O)O. The van der Waals surface area contributed by atoms with Gasteiger partial charge in [-0.1, -0.05) is 0 Å². The minimum atomic E-state index is -1.03. The van der Waals surface area contributed by atoms with Crippen molar-refractivity contribution in [2.45, 2.75) is 38.3 Å². The van der Waals surface area contributed by atoms with Gasteiger partial charge in [-0.3, -0.25) is 9.59 Å². The largest absolute Gasteiger partial charge is 0.480 e. The molecule has 98 valence electrons. The van der Waals surface area contributed by atoms with E-state index in [4.69, 9.17) is 9.84 Å². The fourth-order valence-corrected chi connectivity index (χ4v) is 1.66. The highest BCUT2D eigenvalue weighted by Crippen LogP contribution is 2.07. The molecule has 0 aromatic heterocycles. The Labute approximate surface area is 101 Å². The van der Waals surface area contributed by atoms with Crippen LogP contribution in [0.3, 0.4) is 0 Å². The predicted molar refractivity (Wildman–Crippen MR) is 61.7 cm³/mol. The lowest BCUT2D eigenvalue weighted by atomic mass is 10.1. The van der Waals surface area contributed by atoms with E-state index >= 15 is 0 Å². The summed E-state index contributed by atoms with van der Waals surface area (Å²) in [5.41, 5.74) is 0. The van der Waals surface area contributed by atoms with E-state index in [0.717, 1.165) is 25.9 Å². The number of carbonyl (C=O) groups excluding carboxylic acids is 1. The molecular weight excluding hydrogens is 224 g/mol. The van der Waals surface area contributed by atoms with Gasteiger partial charge in [-0.25, -0.2) is 0 Å². The molecule has 0 unspecified atom stereocenters. The van der Waals surface area contributed by atoms with E-state index in [2.05, 4.69) is 10.6 Å². The molecule has 1 atom stereocenters. The number of carbonyl (C=O) groups is 2. The van der Waals surface area contributed by atoms with Gasteiger partial charge in [0.15, 0.2) is 0 Å². The molecule has 0 aromatic rings. The van der Waals surface area contributed by atoms with Crippen molar-refractivity contribution in [2.24, 2.45) is 0 Å². The molecule has 1 heterocycles. The van der Waals surface area contributed by atoms with Crippen LogP contribution in [-0.2, 0) is 14.3 Å². The van der Waals surface area contributed by atoms with Crippen LogP contribution in [0.1, 0.15) is 26.2 Å². The average molecular weight is 244 g/mol. The summed E-state index contributed by atoms with van der Waals surface area (Å²) in [6.45, 7) is 3.69. The maximum atomic E-state index is 11.3. The van der Waals surface area contributed by atoms with E-state index in [1.165, 1.54) is 6.92 Å². The third-order valence-electron chi connectivity index (χ3n) is 2.72.